The number of nitrogens with zero attached hydrogens (tertiary/aromatic N) is 4. The van der Waals surface area contributed by atoms with Crippen molar-refractivity contribution >= 4 is 42.4 Å². The normalized spacial score (nSPS) is 12.4. The fourth-order valence-electron chi connectivity index (χ4n) is 2.51. The molecule has 0 radical (unpaired) electrons. The van der Waals surface area contributed by atoms with Crippen molar-refractivity contribution in [2.45, 2.75) is 55.0 Å². The summed E-state index contributed by atoms with van der Waals surface area (Å²) in [5.41, 5.74) is -0.717. The molecule has 206 valence electrons. The van der Waals surface area contributed by atoms with E-state index in [9.17, 15) is 18.9 Å². The molecule has 0 spiro atoms. The predicted octanol–water partition coefficient (Wildman–Crippen LogP) is 3.08. The largest absolute Gasteiger partial charge is 0.438 e. The summed E-state index contributed by atoms with van der Waals surface area (Å²) in [7, 11) is -3.99. The molecule has 1 amide bonds. The lowest BCUT2D eigenvalue weighted by molar-refractivity contribution is -0.162. The predicted molar refractivity (Wildman–Crippen MR) is 131 cm³/mol. The average Bonchev–Trinajstić information content (AvgIpc) is 3.19. The van der Waals surface area contributed by atoms with Crippen molar-refractivity contribution in [3.05, 3.63) is 12.7 Å². The Morgan fingerprint density at radius 1 is 0.946 bits per heavy atom. The Bertz CT molecular complexity index is 1120. The Morgan fingerprint density at radius 3 is 2.03 bits per heavy atom. The minimum absolute atomic E-state index is 0.0468. The number of ether oxygens (including phenoxy) is 3. The number of hydrogen-bond donors (Lipinski definition) is 1. The second-order valence-corrected chi connectivity index (χ2v) is 12.0. The Morgan fingerprint density at radius 2 is 1.51 bits per heavy atom. The van der Waals surface area contributed by atoms with E-state index in [-0.39, 0.29) is 24.9 Å². The number of nitrogens with one attached hydrogen (secondary N) is 1. The number of amides is 1. The number of imidazole rings is 1. The van der Waals surface area contributed by atoms with Crippen LogP contribution in [0.5, 0.6) is 0 Å². The molecule has 0 saturated carbocycles. The molecule has 2 heterocycles. The van der Waals surface area contributed by atoms with Gasteiger partial charge in [0, 0.05) is 13.5 Å². The van der Waals surface area contributed by atoms with Crippen molar-refractivity contribution in [3.63, 3.8) is 0 Å². The van der Waals surface area contributed by atoms with Gasteiger partial charge in [-0.3, -0.25) is 28.0 Å². The van der Waals surface area contributed by atoms with E-state index < -0.39 is 50.3 Å². The number of rotatable bonds is 12. The van der Waals surface area contributed by atoms with Crippen LogP contribution >= 0.6 is 7.60 Å². The second kappa shape index (κ2) is 12.5. The third kappa shape index (κ3) is 9.47. The summed E-state index contributed by atoms with van der Waals surface area (Å²) in [4.78, 5) is 47.7. The van der Waals surface area contributed by atoms with Crippen molar-refractivity contribution in [1.82, 2.24) is 19.5 Å². The van der Waals surface area contributed by atoms with Crippen LogP contribution in [0, 0.1) is 10.8 Å². The lowest BCUT2D eigenvalue weighted by Gasteiger charge is -2.22. The van der Waals surface area contributed by atoms with Crippen LogP contribution in [-0.2, 0) is 48.8 Å². The van der Waals surface area contributed by atoms with E-state index in [1.165, 1.54) is 19.6 Å². The van der Waals surface area contributed by atoms with Gasteiger partial charge in [-0.2, -0.15) is 0 Å². The maximum Gasteiger partial charge on any atom is 0.361 e. The molecule has 15 heteroatoms. The van der Waals surface area contributed by atoms with E-state index in [0.29, 0.717) is 11.2 Å². The third-order valence-electron chi connectivity index (χ3n) is 4.53. The smallest absolute Gasteiger partial charge is 0.361 e. The average molecular weight is 544 g/mol. The number of fused-ring (bicyclic) bond motifs is 1. The highest BCUT2D eigenvalue weighted by atomic mass is 31.2. The molecule has 2 aromatic rings. The number of carbonyl (C=O) groups excluding carboxylic acids is 3. The molecule has 0 unspecified atom stereocenters. The number of esters is 2. The van der Waals surface area contributed by atoms with Gasteiger partial charge in [-0.1, -0.05) is 0 Å². The van der Waals surface area contributed by atoms with Gasteiger partial charge in [-0.25, -0.2) is 15.0 Å². The first-order valence-electron chi connectivity index (χ1n) is 11.4. The highest BCUT2D eigenvalue weighted by Gasteiger charge is 2.30. The topological polar surface area (TPSA) is 170 Å². The molecule has 2 rings (SSSR count). The van der Waals surface area contributed by atoms with Gasteiger partial charge in [0.15, 0.2) is 17.0 Å². The van der Waals surface area contributed by atoms with Gasteiger partial charge >= 0.3 is 19.5 Å². The van der Waals surface area contributed by atoms with E-state index in [1.807, 2.05) is 0 Å². The lowest BCUT2D eigenvalue weighted by atomic mass is 9.98. The van der Waals surface area contributed by atoms with Crippen molar-refractivity contribution < 1.29 is 42.2 Å². The zero-order chi connectivity index (χ0) is 27.9. The molecule has 0 bridgehead atoms. The highest BCUT2D eigenvalue weighted by Crippen LogP contribution is 2.48. The zero-order valence-corrected chi connectivity index (χ0v) is 23.0. The van der Waals surface area contributed by atoms with Gasteiger partial charge in [-0.05, 0) is 41.5 Å². The van der Waals surface area contributed by atoms with E-state index in [0.717, 1.165) is 0 Å². The van der Waals surface area contributed by atoms with E-state index in [1.54, 1.807) is 46.1 Å². The number of aromatic nitrogens is 4. The van der Waals surface area contributed by atoms with E-state index in [2.05, 4.69) is 20.3 Å². The Kier molecular flexibility index (Phi) is 10.3. The number of carbonyl (C=O) groups is 3. The van der Waals surface area contributed by atoms with Crippen LogP contribution in [0.15, 0.2) is 12.7 Å². The van der Waals surface area contributed by atoms with Crippen molar-refractivity contribution in [3.8, 4) is 0 Å². The first-order valence-corrected chi connectivity index (χ1v) is 13.1. The summed E-state index contributed by atoms with van der Waals surface area (Å²) >= 11 is 0. The fourth-order valence-corrected chi connectivity index (χ4v) is 3.51. The molecule has 14 nitrogen and oxygen atoms in total. The minimum atomic E-state index is -3.99. The van der Waals surface area contributed by atoms with Crippen molar-refractivity contribution in [2.24, 2.45) is 10.8 Å². The van der Waals surface area contributed by atoms with Crippen LogP contribution in [0.2, 0.25) is 0 Å². The quantitative estimate of drug-likeness (QED) is 0.180. The van der Waals surface area contributed by atoms with E-state index in [4.69, 9.17) is 23.3 Å². The van der Waals surface area contributed by atoms with Crippen LogP contribution in [-0.4, -0.2) is 63.9 Å². The Labute approximate surface area is 214 Å². The summed E-state index contributed by atoms with van der Waals surface area (Å²) in [5.74, 6) is -1.15. The van der Waals surface area contributed by atoms with Gasteiger partial charge < -0.3 is 24.1 Å². The van der Waals surface area contributed by atoms with E-state index >= 15 is 0 Å². The van der Waals surface area contributed by atoms with Gasteiger partial charge in [0.25, 0.3) is 0 Å². The van der Waals surface area contributed by atoms with Crippen LogP contribution in [0.25, 0.3) is 11.2 Å². The van der Waals surface area contributed by atoms with Crippen LogP contribution < -0.4 is 5.32 Å². The Balaban J connectivity index is 1.98. The van der Waals surface area contributed by atoms with Crippen LogP contribution in [0.3, 0.4) is 0 Å². The van der Waals surface area contributed by atoms with Gasteiger partial charge in [0.05, 0.1) is 23.8 Å². The van der Waals surface area contributed by atoms with Crippen LogP contribution in [0.1, 0.15) is 48.5 Å². The lowest BCUT2D eigenvalue weighted by Crippen LogP contribution is -2.25. The second-order valence-electron chi connectivity index (χ2n) is 10.0. The summed E-state index contributed by atoms with van der Waals surface area (Å²) in [5, 5.41) is 2.58. The summed E-state index contributed by atoms with van der Waals surface area (Å²) in [6, 6.07) is 0. The molecule has 37 heavy (non-hydrogen) atoms. The maximum absolute atomic E-state index is 13.2. The SMILES string of the molecule is CC(=O)Nc1ncnc2c1ncn2CCOCP(=O)(OCOC(=O)C(C)(C)C)OCOC(=O)C(C)(C)C. The van der Waals surface area contributed by atoms with Gasteiger partial charge in [0.2, 0.25) is 19.5 Å². The molecular weight excluding hydrogens is 509 g/mol. The minimum Gasteiger partial charge on any atom is -0.438 e. The molecule has 0 aliphatic carbocycles. The van der Waals surface area contributed by atoms with Gasteiger partial charge in [0.1, 0.15) is 12.7 Å². The third-order valence-corrected chi connectivity index (χ3v) is 6.02. The zero-order valence-electron chi connectivity index (χ0n) is 22.1. The number of anilines is 1. The molecule has 0 aromatic carbocycles. The standard InChI is InChI=1S/C22H34N5O9P/c1-15(28)26-17-16-18(24-10-23-17)27(11-25-16)8-9-32-14-37(31,35-12-33-19(29)21(2,3)4)36-13-34-20(30)22(5,6)7/h10-11H,8-9,12-14H2,1-7H3,(H,23,24,26,28). The van der Waals surface area contributed by atoms with Crippen molar-refractivity contribution in [1.29, 1.82) is 0 Å². The molecular formula is C22H34N5O9P. The molecule has 0 atom stereocenters. The molecule has 0 aliphatic heterocycles. The fraction of sp³-hybridized carbons (Fsp3) is 0.636. The first kappa shape index (κ1) is 30.3. The summed E-state index contributed by atoms with van der Waals surface area (Å²) < 4.78 is 40.8. The Hall–Kier alpha value is -2.93. The summed E-state index contributed by atoms with van der Waals surface area (Å²) in [6.07, 6.45) is 2.28. The molecule has 1 N–H and O–H groups in total. The molecule has 0 aliphatic rings. The monoisotopic (exact) mass is 543 g/mol. The number of hydrogen-bond acceptors (Lipinski definition) is 12. The molecule has 2 aromatic heterocycles. The summed E-state index contributed by atoms with van der Waals surface area (Å²) in [6.45, 7) is 10.3. The van der Waals surface area contributed by atoms with Crippen molar-refractivity contribution in [2.75, 3.05) is 31.9 Å². The van der Waals surface area contributed by atoms with Crippen LogP contribution in [0.4, 0.5) is 5.82 Å². The first-order chi connectivity index (χ1) is 17.1. The van der Waals surface area contributed by atoms with Gasteiger partial charge in [-0.15, -0.1) is 0 Å². The highest BCUT2D eigenvalue weighted by molar-refractivity contribution is 7.53. The molecule has 0 fully saturated rings. The maximum atomic E-state index is 13.2. The molecule has 0 saturated heterocycles.